The molecule has 0 aliphatic carbocycles. The van der Waals surface area contributed by atoms with Crippen LogP contribution in [0.3, 0.4) is 0 Å². The highest BCUT2D eigenvalue weighted by Gasteiger charge is 2.77. The van der Waals surface area contributed by atoms with Crippen molar-refractivity contribution in [1.82, 2.24) is 20.9 Å². The number of nitrogens with one attached hydrogen (secondary N) is 5. The van der Waals surface area contributed by atoms with Gasteiger partial charge in [0.25, 0.3) is 0 Å². The molecule has 8 N–H and O–H groups in total. The van der Waals surface area contributed by atoms with E-state index in [9.17, 15) is 33.3 Å². The average Bonchev–Trinajstić information content (AvgIpc) is 3.14. The number of benzene rings is 1. The monoisotopic (exact) mass is 472 g/mol. The molecule has 3 saturated heterocycles. The van der Waals surface area contributed by atoms with Gasteiger partial charge in [0.15, 0.2) is 23.7 Å². The molecule has 0 amide bonds. The number of alkyl halides is 3. The molecule has 3 heterocycles. The fourth-order valence-corrected chi connectivity index (χ4v) is 4.96. The number of guanidine groups is 2. The van der Waals surface area contributed by atoms with Crippen molar-refractivity contribution in [3.05, 3.63) is 34.9 Å². The number of nitrogens with zero attached hydrogens (tertiary/aromatic N) is 1. The standard InChI is InChI=1S/C19H23F3N6O5/c1-7-3-4-9(10(5-7)19(20,21)22)14(30)33-13-8(2)28-16(24)25-11(6-29)12-17(28,18(13,31)32)27-15(23)26-12/h3-5,8,11-13,29,31-32H,6H2,1-2H3,(H2,24,25)(H3,23,26,27)/t8-,11-,12-,13-,17-/m0/s1. The number of hydrogen-bond donors (Lipinski definition) is 8. The molecule has 3 fully saturated rings. The normalized spacial score (nSPS) is 32.4. The molecule has 0 saturated carbocycles. The summed E-state index contributed by atoms with van der Waals surface area (Å²) in [5, 5.41) is 56.3. The molecule has 1 aromatic rings. The van der Waals surface area contributed by atoms with E-state index in [2.05, 4.69) is 16.0 Å². The number of halogens is 3. The Hall–Kier alpha value is -3.10. The maximum Gasteiger partial charge on any atom is 0.417 e. The molecule has 33 heavy (non-hydrogen) atoms. The van der Waals surface area contributed by atoms with Crippen molar-refractivity contribution < 1.29 is 38.0 Å². The molecule has 0 bridgehead atoms. The second-order valence-electron chi connectivity index (χ2n) is 8.38. The zero-order valence-corrected chi connectivity index (χ0v) is 17.5. The third-order valence-corrected chi connectivity index (χ3v) is 6.35. The Bertz CT molecular complexity index is 1030. The highest BCUT2D eigenvalue weighted by atomic mass is 19.4. The Morgan fingerprint density at radius 1 is 1.27 bits per heavy atom. The lowest BCUT2D eigenvalue weighted by atomic mass is 9.85. The summed E-state index contributed by atoms with van der Waals surface area (Å²) in [6.07, 6.45) is -6.68. The van der Waals surface area contributed by atoms with Gasteiger partial charge in [-0.05, 0) is 26.0 Å². The number of esters is 1. The summed E-state index contributed by atoms with van der Waals surface area (Å²) < 4.78 is 45.8. The highest BCUT2D eigenvalue weighted by molar-refractivity contribution is 5.92. The zero-order valence-electron chi connectivity index (χ0n) is 17.5. The summed E-state index contributed by atoms with van der Waals surface area (Å²) in [5.74, 6) is -5.12. The topological polar surface area (TPSA) is 174 Å². The molecule has 3 aliphatic rings. The molecule has 5 atom stereocenters. The van der Waals surface area contributed by atoms with Crippen LogP contribution in [0.15, 0.2) is 18.2 Å². The van der Waals surface area contributed by atoms with Crippen LogP contribution in [0, 0.1) is 17.7 Å². The third-order valence-electron chi connectivity index (χ3n) is 6.35. The Labute approximate surface area is 185 Å². The number of ether oxygens (including phenoxy) is 1. The molecular weight excluding hydrogens is 449 g/mol. The summed E-state index contributed by atoms with van der Waals surface area (Å²) in [5.41, 5.74) is -3.79. The van der Waals surface area contributed by atoms with E-state index >= 15 is 0 Å². The summed E-state index contributed by atoms with van der Waals surface area (Å²) in [4.78, 5) is 14.0. The van der Waals surface area contributed by atoms with Gasteiger partial charge >= 0.3 is 12.1 Å². The van der Waals surface area contributed by atoms with Crippen LogP contribution in [-0.4, -0.2) is 80.4 Å². The van der Waals surface area contributed by atoms with Crippen LogP contribution in [-0.2, 0) is 10.9 Å². The van der Waals surface area contributed by atoms with E-state index in [-0.39, 0.29) is 17.5 Å². The number of aliphatic hydroxyl groups is 3. The molecule has 11 nitrogen and oxygen atoms in total. The van der Waals surface area contributed by atoms with Gasteiger partial charge in [-0.2, -0.15) is 13.2 Å². The zero-order chi connectivity index (χ0) is 24.5. The fourth-order valence-electron chi connectivity index (χ4n) is 4.96. The third kappa shape index (κ3) is 3.12. The first-order chi connectivity index (χ1) is 15.3. The van der Waals surface area contributed by atoms with E-state index in [4.69, 9.17) is 15.6 Å². The Balaban J connectivity index is 1.75. The number of rotatable bonds is 3. The van der Waals surface area contributed by atoms with Crippen LogP contribution < -0.4 is 16.0 Å². The fraction of sp³-hybridized carbons (Fsp3) is 0.526. The van der Waals surface area contributed by atoms with Crippen molar-refractivity contribution in [2.24, 2.45) is 0 Å². The molecule has 3 aliphatic heterocycles. The van der Waals surface area contributed by atoms with Gasteiger partial charge in [0.2, 0.25) is 5.79 Å². The molecule has 14 heteroatoms. The Morgan fingerprint density at radius 3 is 2.55 bits per heavy atom. The highest BCUT2D eigenvalue weighted by Crippen LogP contribution is 2.47. The molecule has 0 unspecified atom stereocenters. The second-order valence-corrected chi connectivity index (χ2v) is 8.38. The van der Waals surface area contributed by atoms with Crippen molar-refractivity contribution in [2.45, 2.75) is 55.7 Å². The maximum atomic E-state index is 13.5. The minimum absolute atomic E-state index is 0.264. The van der Waals surface area contributed by atoms with Crippen LogP contribution in [0.2, 0.25) is 0 Å². The predicted octanol–water partition coefficient (Wildman–Crippen LogP) is -0.984. The lowest BCUT2D eigenvalue weighted by Gasteiger charge is -2.51. The van der Waals surface area contributed by atoms with Gasteiger partial charge in [0.05, 0.1) is 35.9 Å². The van der Waals surface area contributed by atoms with Gasteiger partial charge in [-0.25, -0.2) is 4.79 Å². The number of carbonyl (C=O) groups is 1. The molecular formula is C19H23F3N6O5. The van der Waals surface area contributed by atoms with E-state index in [0.29, 0.717) is 0 Å². The van der Waals surface area contributed by atoms with Gasteiger partial charge in [-0.3, -0.25) is 10.8 Å². The van der Waals surface area contributed by atoms with E-state index in [1.807, 2.05) is 0 Å². The predicted molar refractivity (Wildman–Crippen MR) is 106 cm³/mol. The summed E-state index contributed by atoms with van der Waals surface area (Å²) in [6.45, 7) is 2.28. The summed E-state index contributed by atoms with van der Waals surface area (Å²) in [6, 6.07) is -0.101. The van der Waals surface area contributed by atoms with Crippen LogP contribution in [0.25, 0.3) is 0 Å². The first kappa shape index (κ1) is 23.1. The van der Waals surface area contributed by atoms with E-state index in [0.717, 1.165) is 17.0 Å². The van der Waals surface area contributed by atoms with Gasteiger partial charge < -0.3 is 40.9 Å². The maximum absolute atomic E-state index is 13.5. The molecule has 4 rings (SSSR count). The Kier molecular flexibility index (Phi) is 5.03. The van der Waals surface area contributed by atoms with Crippen molar-refractivity contribution in [3.8, 4) is 0 Å². The van der Waals surface area contributed by atoms with Gasteiger partial charge in [-0.15, -0.1) is 0 Å². The molecule has 0 radical (unpaired) electrons. The quantitative estimate of drug-likeness (QED) is 0.203. The summed E-state index contributed by atoms with van der Waals surface area (Å²) >= 11 is 0. The van der Waals surface area contributed by atoms with Crippen molar-refractivity contribution in [2.75, 3.05) is 6.61 Å². The summed E-state index contributed by atoms with van der Waals surface area (Å²) in [7, 11) is 0. The van der Waals surface area contributed by atoms with Crippen LogP contribution in [0.1, 0.15) is 28.4 Å². The molecule has 180 valence electrons. The average molecular weight is 472 g/mol. The smallest absolute Gasteiger partial charge is 0.417 e. The SMILES string of the molecule is Cc1ccc(C(=O)O[C@H]2[C@H](C)N3C(=N)N[C@@H](CO)[C@@H]4NC(=N)N[C@@]43C2(O)O)c(C(F)(F)F)c1. The first-order valence-electron chi connectivity index (χ1n) is 9.97. The lowest BCUT2D eigenvalue weighted by Crippen LogP contribution is -2.81. The second kappa shape index (κ2) is 7.20. The van der Waals surface area contributed by atoms with Gasteiger partial charge in [-0.1, -0.05) is 11.6 Å². The van der Waals surface area contributed by atoms with E-state index in [1.54, 1.807) is 0 Å². The molecule has 0 aromatic heterocycles. The lowest BCUT2D eigenvalue weighted by molar-refractivity contribution is -0.259. The number of carbonyl (C=O) groups excluding carboxylic acids is 1. The number of aryl methyl sites for hydroxylation is 1. The van der Waals surface area contributed by atoms with Crippen molar-refractivity contribution >= 4 is 17.9 Å². The van der Waals surface area contributed by atoms with Crippen LogP contribution in [0.4, 0.5) is 13.2 Å². The van der Waals surface area contributed by atoms with Gasteiger partial charge in [0.1, 0.15) is 0 Å². The molecule has 1 spiro atoms. The number of aliphatic hydroxyl groups excluding tert-OH is 1. The van der Waals surface area contributed by atoms with E-state index in [1.165, 1.54) is 19.9 Å². The Morgan fingerprint density at radius 2 is 1.94 bits per heavy atom. The van der Waals surface area contributed by atoms with Crippen molar-refractivity contribution in [1.29, 1.82) is 10.8 Å². The van der Waals surface area contributed by atoms with E-state index < -0.39 is 65.6 Å². The van der Waals surface area contributed by atoms with Crippen LogP contribution in [0.5, 0.6) is 0 Å². The minimum atomic E-state index is -4.86. The first-order valence-corrected chi connectivity index (χ1v) is 9.97. The molecule has 1 aromatic carbocycles. The van der Waals surface area contributed by atoms with Gasteiger partial charge in [0, 0.05) is 0 Å². The largest absolute Gasteiger partial charge is 0.451 e. The number of hydrogen-bond acceptors (Lipinski definition) is 7. The minimum Gasteiger partial charge on any atom is -0.451 e. The van der Waals surface area contributed by atoms with Crippen LogP contribution >= 0.6 is 0 Å². The van der Waals surface area contributed by atoms with Crippen molar-refractivity contribution in [3.63, 3.8) is 0 Å².